The van der Waals surface area contributed by atoms with Gasteiger partial charge in [0, 0.05) is 38.5 Å². The molecule has 11 nitrogen and oxygen atoms in total. The van der Waals surface area contributed by atoms with Crippen LogP contribution < -0.4 is 21.5 Å². The number of carbonyl (C=O) groups excluding carboxylic acids is 1. The van der Waals surface area contributed by atoms with Gasteiger partial charge in [-0.05, 0) is 43.3 Å². The van der Waals surface area contributed by atoms with Gasteiger partial charge >= 0.3 is 0 Å². The number of anilines is 3. The molecule has 6 rings (SSSR count). The molecule has 218 valence electrons. The van der Waals surface area contributed by atoms with Gasteiger partial charge in [0.2, 0.25) is 0 Å². The second-order valence-electron chi connectivity index (χ2n) is 10.2. The SMILES string of the molecule is COC1CN(c2cccc(-c3cnc(N)c(-c4ccc(NC(=O)c5c(C)n(C)n(-c6ccccc6Cl)c5=O)cc4)n3)n2)C1. The third-order valence-electron chi connectivity index (χ3n) is 7.58. The lowest BCUT2D eigenvalue weighted by molar-refractivity contribution is 0.0783. The maximum absolute atomic E-state index is 13.3. The number of halogens is 1. The molecule has 0 bridgehead atoms. The van der Waals surface area contributed by atoms with Gasteiger partial charge in [-0.25, -0.2) is 19.6 Å². The summed E-state index contributed by atoms with van der Waals surface area (Å²) in [5.41, 5.74) is 9.73. The van der Waals surface area contributed by atoms with Crippen molar-refractivity contribution in [3.63, 3.8) is 0 Å². The van der Waals surface area contributed by atoms with Crippen molar-refractivity contribution in [3.8, 4) is 28.3 Å². The number of rotatable bonds is 7. The van der Waals surface area contributed by atoms with Crippen LogP contribution >= 0.6 is 11.6 Å². The number of nitrogens with zero attached hydrogens (tertiary/aromatic N) is 6. The van der Waals surface area contributed by atoms with Crippen molar-refractivity contribution in [3.05, 3.63) is 99.6 Å². The number of hydrogen-bond acceptors (Lipinski definition) is 8. The zero-order valence-electron chi connectivity index (χ0n) is 23.8. The normalized spacial score (nSPS) is 13.2. The molecular formula is C31H29ClN8O3. The lowest BCUT2D eigenvalue weighted by Gasteiger charge is -2.39. The van der Waals surface area contributed by atoms with Crippen LogP contribution in [0.25, 0.3) is 28.3 Å². The van der Waals surface area contributed by atoms with Gasteiger partial charge in [0.15, 0.2) is 0 Å². The molecule has 4 heterocycles. The van der Waals surface area contributed by atoms with Gasteiger partial charge in [-0.15, -0.1) is 0 Å². The fraction of sp³-hybridized carbons (Fsp3) is 0.194. The summed E-state index contributed by atoms with van der Waals surface area (Å²) in [6.07, 6.45) is 1.82. The van der Waals surface area contributed by atoms with Crippen LogP contribution in [0.2, 0.25) is 5.02 Å². The number of para-hydroxylation sites is 1. The van der Waals surface area contributed by atoms with Crippen molar-refractivity contribution >= 4 is 34.8 Å². The fourth-order valence-corrected chi connectivity index (χ4v) is 5.24. The number of hydrogen-bond donors (Lipinski definition) is 2. The van der Waals surface area contributed by atoms with E-state index in [4.69, 9.17) is 32.0 Å². The van der Waals surface area contributed by atoms with Crippen molar-refractivity contribution in [2.24, 2.45) is 7.05 Å². The lowest BCUT2D eigenvalue weighted by atomic mass is 10.1. The standard InChI is InChI=1S/C31H29ClN8O3/c1-18-27(31(42)40(38(18)2)25-9-5-4-7-22(25)32)30(41)35-20-13-11-19(12-14-20)28-29(33)34-15-24(37-28)23-8-6-10-26(36-23)39-16-21(17-39)43-3/h4-15,21H,16-17H2,1-3H3,(H2,33,34)(H,35,41). The minimum atomic E-state index is -0.525. The monoisotopic (exact) mass is 596 g/mol. The summed E-state index contributed by atoms with van der Waals surface area (Å²) in [7, 11) is 3.42. The molecule has 43 heavy (non-hydrogen) atoms. The average molecular weight is 597 g/mol. The molecule has 0 unspecified atom stereocenters. The van der Waals surface area contributed by atoms with Crippen LogP contribution in [-0.4, -0.2) is 56.5 Å². The maximum atomic E-state index is 13.3. The Kier molecular flexibility index (Phi) is 7.43. The van der Waals surface area contributed by atoms with Crippen LogP contribution in [0.5, 0.6) is 0 Å². The van der Waals surface area contributed by atoms with E-state index < -0.39 is 11.5 Å². The van der Waals surface area contributed by atoms with E-state index in [-0.39, 0.29) is 17.5 Å². The molecule has 2 aromatic carbocycles. The van der Waals surface area contributed by atoms with E-state index in [1.54, 1.807) is 80.5 Å². The highest BCUT2D eigenvalue weighted by Gasteiger charge is 2.28. The first-order valence-corrected chi connectivity index (χ1v) is 14.0. The minimum absolute atomic E-state index is 0.0278. The van der Waals surface area contributed by atoms with E-state index in [0.29, 0.717) is 44.7 Å². The summed E-state index contributed by atoms with van der Waals surface area (Å²) >= 11 is 6.33. The Hall–Kier alpha value is -5.00. The fourth-order valence-electron chi connectivity index (χ4n) is 5.02. The van der Waals surface area contributed by atoms with E-state index in [2.05, 4.69) is 15.2 Å². The number of amides is 1. The molecule has 3 aromatic heterocycles. The van der Waals surface area contributed by atoms with Crippen molar-refractivity contribution in [2.75, 3.05) is 36.1 Å². The third kappa shape index (κ3) is 5.24. The quantitative estimate of drug-likeness (QED) is 0.284. The van der Waals surface area contributed by atoms with Crippen molar-refractivity contribution in [1.82, 2.24) is 24.3 Å². The molecule has 1 aliphatic rings. The number of carbonyl (C=O) groups is 1. The van der Waals surface area contributed by atoms with Gasteiger partial charge in [0.05, 0.1) is 34.4 Å². The second kappa shape index (κ2) is 11.3. The molecule has 1 aliphatic heterocycles. The topological polar surface area (TPSA) is 133 Å². The van der Waals surface area contributed by atoms with E-state index in [1.807, 2.05) is 18.2 Å². The predicted molar refractivity (Wildman–Crippen MR) is 167 cm³/mol. The first kappa shape index (κ1) is 28.1. The molecule has 0 aliphatic carbocycles. The summed E-state index contributed by atoms with van der Waals surface area (Å²) in [4.78, 5) is 42.6. The molecule has 0 saturated carbocycles. The van der Waals surface area contributed by atoms with Crippen LogP contribution in [0, 0.1) is 6.92 Å². The van der Waals surface area contributed by atoms with Gasteiger partial charge in [-0.1, -0.05) is 41.9 Å². The Balaban J connectivity index is 1.23. The number of nitrogens with one attached hydrogen (secondary N) is 1. The Bertz CT molecular complexity index is 1890. The molecule has 1 fully saturated rings. The molecule has 0 atom stereocenters. The van der Waals surface area contributed by atoms with Crippen LogP contribution in [0.3, 0.4) is 0 Å². The smallest absolute Gasteiger partial charge is 0.284 e. The van der Waals surface area contributed by atoms with Crippen LogP contribution in [0.1, 0.15) is 16.1 Å². The molecule has 1 amide bonds. The van der Waals surface area contributed by atoms with E-state index in [1.165, 1.54) is 4.68 Å². The number of aromatic nitrogens is 5. The Morgan fingerprint density at radius 1 is 1.02 bits per heavy atom. The largest absolute Gasteiger partial charge is 0.382 e. The summed E-state index contributed by atoms with van der Waals surface area (Å²) in [5.74, 6) is 0.587. The molecule has 0 radical (unpaired) electrons. The number of benzene rings is 2. The molecule has 5 aromatic rings. The van der Waals surface area contributed by atoms with E-state index >= 15 is 0 Å². The number of methoxy groups -OCH3 is 1. The highest BCUT2D eigenvalue weighted by Crippen LogP contribution is 2.28. The van der Waals surface area contributed by atoms with Gasteiger partial charge in [0.1, 0.15) is 28.6 Å². The Labute approximate surface area is 252 Å². The maximum Gasteiger partial charge on any atom is 0.284 e. The summed E-state index contributed by atoms with van der Waals surface area (Å²) in [5, 5.41) is 3.22. The predicted octanol–water partition coefficient (Wildman–Crippen LogP) is 4.33. The third-order valence-corrected chi connectivity index (χ3v) is 7.90. The first-order chi connectivity index (χ1) is 20.7. The minimum Gasteiger partial charge on any atom is -0.382 e. The zero-order chi connectivity index (χ0) is 30.2. The summed E-state index contributed by atoms with van der Waals surface area (Å²) < 4.78 is 8.37. The van der Waals surface area contributed by atoms with Crippen molar-refractivity contribution in [2.45, 2.75) is 13.0 Å². The number of nitrogens with two attached hydrogens (primary N) is 1. The Morgan fingerprint density at radius 2 is 1.77 bits per heavy atom. The summed E-state index contributed by atoms with van der Waals surface area (Å²) in [6.45, 7) is 3.29. The van der Waals surface area contributed by atoms with Crippen LogP contribution in [-0.2, 0) is 11.8 Å². The zero-order valence-corrected chi connectivity index (χ0v) is 24.5. The van der Waals surface area contributed by atoms with Crippen LogP contribution in [0.4, 0.5) is 17.3 Å². The molecule has 3 N–H and O–H groups in total. The van der Waals surface area contributed by atoms with Crippen molar-refractivity contribution in [1.29, 1.82) is 0 Å². The number of nitrogen functional groups attached to an aromatic ring is 1. The molecule has 1 saturated heterocycles. The average Bonchev–Trinajstić information content (AvgIpc) is 3.21. The first-order valence-electron chi connectivity index (χ1n) is 13.6. The van der Waals surface area contributed by atoms with Gasteiger partial charge in [-0.2, -0.15) is 0 Å². The lowest BCUT2D eigenvalue weighted by Crippen LogP contribution is -2.52. The van der Waals surface area contributed by atoms with Gasteiger partial charge in [-0.3, -0.25) is 14.3 Å². The van der Waals surface area contributed by atoms with Crippen LogP contribution in [0.15, 0.2) is 77.7 Å². The molecule has 12 heteroatoms. The summed E-state index contributed by atoms with van der Waals surface area (Å²) in [6, 6.07) is 19.8. The van der Waals surface area contributed by atoms with Gasteiger partial charge < -0.3 is 20.7 Å². The van der Waals surface area contributed by atoms with Crippen molar-refractivity contribution < 1.29 is 9.53 Å². The number of pyridine rings is 1. The highest BCUT2D eigenvalue weighted by atomic mass is 35.5. The van der Waals surface area contributed by atoms with Gasteiger partial charge in [0.25, 0.3) is 11.5 Å². The number of ether oxygens (including phenoxy) is 1. The second-order valence-corrected chi connectivity index (χ2v) is 10.6. The van der Waals surface area contributed by atoms with E-state index in [0.717, 1.165) is 18.9 Å². The Morgan fingerprint density at radius 3 is 2.49 bits per heavy atom. The highest BCUT2D eigenvalue weighted by molar-refractivity contribution is 6.32. The van der Waals surface area contributed by atoms with E-state index in [9.17, 15) is 9.59 Å². The molecular weight excluding hydrogens is 568 g/mol. The molecule has 0 spiro atoms.